The molecule has 0 bridgehead atoms. The number of primary amides is 1. The number of benzene rings is 1. The third kappa shape index (κ3) is 32.3. The fourth-order valence-electron chi connectivity index (χ4n) is 0.958. The van der Waals surface area contributed by atoms with Crippen LogP contribution in [-0.2, 0) is 0 Å². The minimum absolute atomic E-state index is 0. The van der Waals surface area contributed by atoms with Gasteiger partial charge in [-0.05, 0) is 24.4 Å². The molecule has 6 heteroatoms. The fourth-order valence-corrected chi connectivity index (χ4v) is 1.05. The molecule has 1 amide bonds. The normalized spacial score (nSPS) is 7.38. The Bertz CT molecular complexity index is 341. The molecule has 21 heavy (non-hydrogen) atoms. The molecule has 0 heterocycles. The number of unbranched alkanes of at least 4 members (excludes halogenated alkanes) is 2. The van der Waals surface area contributed by atoms with E-state index in [-0.39, 0.29) is 20.0 Å². The van der Waals surface area contributed by atoms with Gasteiger partial charge in [-0.3, -0.25) is 4.79 Å². The summed E-state index contributed by atoms with van der Waals surface area (Å²) in [6.45, 7) is 4.42. The molecule has 4 nitrogen and oxygen atoms in total. The Morgan fingerprint density at radius 2 is 1.52 bits per heavy atom. The van der Waals surface area contributed by atoms with Crippen LogP contribution in [0.5, 0.6) is 5.75 Å². The van der Waals surface area contributed by atoms with Crippen LogP contribution in [0.2, 0.25) is 0 Å². The molecular weight excluding hydrogens is 304 g/mol. The van der Waals surface area contributed by atoms with Crippen molar-refractivity contribution in [1.82, 2.24) is 0 Å². The number of thiocarbonyl (C=S) groups is 1. The fraction of sp³-hybridized carbons (Fsp3) is 0.467. The van der Waals surface area contributed by atoms with E-state index in [1.54, 1.807) is 12.1 Å². The van der Waals surface area contributed by atoms with Crippen LogP contribution in [0.1, 0.15) is 48.0 Å². The van der Waals surface area contributed by atoms with Gasteiger partial charge < -0.3 is 16.2 Å². The van der Waals surface area contributed by atoms with Gasteiger partial charge in [-0.25, -0.2) is 0 Å². The molecule has 0 aliphatic rings. The number of hydrogen-bond acceptors (Lipinski definition) is 3. The molecule has 4 N–H and O–H groups in total. The standard InChI is InChI=1S/C7H7NOS.C5H12.CH3NOS.2CH4/c8-7(10)9-6-4-2-1-3-5-6;1-3-5-4-2;2-1(3)4;;/h1-5H,(H2,8,10);3-5H2,1-2H3;(H3,2,3,4);2*1H4. The van der Waals surface area contributed by atoms with E-state index in [4.69, 9.17) is 15.3 Å². The molecule has 0 fully saturated rings. The summed E-state index contributed by atoms with van der Waals surface area (Å²) in [4.78, 5) is 9.09. The SMILES string of the molecule is C.C.CCCCC.NC(=O)S.NC(=S)Oc1ccccc1. The van der Waals surface area contributed by atoms with Gasteiger partial charge in [0, 0.05) is 0 Å². The van der Waals surface area contributed by atoms with Gasteiger partial charge in [-0.1, -0.05) is 78.8 Å². The molecule has 124 valence electrons. The Kier molecular flexibility index (Phi) is 28.0. The molecule has 0 unspecified atom stereocenters. The van der Waals surface area contributed by atoms with Crippen LogP contribution in [0.15, 0.2) is 30.3 Å². The molecular formula is C15H30N2O2S2. The number of carbonyl (C=O) groups excluding carboxylic acids is 1. The minimum Gasteiger partial charge on any atom is -0.432 e. The minimum atomic E-state index is -0.639. The summed E-state index contributed by atoms with van der Waals surface area (Å²) in [6, 6.07) is 9.19. The lowest BCUT2D eigenvalue weighted by Crippen LogP contribution is -2.15. The smallest absolute Gasteiger partial charge is 0.273 e. The lowest BCUT2D eigenvalue weighted by molar-refractivity contribution is 0.267. The van der Waals surface area contributed by atoms with Gasteiger partial charge in [-0.15, -0.1) is 0 Å². The van der Waals surface area contributed by atoms with Crippen molar-refractivity contribution in [2.75, 3.05) is 0 Å². The van der Waals surface area contributed by atoms with E-state index in [9.17, 15) is 0 Å². The van der Waals surface area contributed by atoms with Gasteiger partial charge in [0.1, 0.15) is 5.75 Å². The molecule has 0 saturated heterocycles. The highest BCUT2D eigenvalue weighted by molar-refractivity contribution is 7.96. The van der Waals surface area contributed by atoms with Crippen LogP contribution < -0.4 is 16.2 Å². The second-order valence-electron chi connectivity index (χ2n) is 3.43. The topological polar surface area (TPSA) is 78.3 Å². The zero-order chi connectivity index (χ0) is 15.1. The Labute approximate surface area is 140 Å². The molecule has 1 aromatic carbocycles. The van der Waals surface area contributed by atoms with E-state index in [0.29, 0.717) is 5.75 Å². The van der Waals surface area contributed by atoms with Crippen molar-refractivity contribution in [3.63, 3.8) is 0 Å². The van der Waals surface area contributed by atoms with Gasteiger partial charge in [0.25, 0.3) is 10.4 Å². The highest BCUT2D eigenvalue weighted by Gasteiger charge is 1.90. The first kappa shape index (κ1) is 28.0. The van der Waals surface area contributed by atoms with E-state index in [1.807, 2.05) is 18.2 Å². The number of rotatable bonds is 3. The number of thiol groups is 1. The largest absolute Gasteiger partial charge is 0.432 e. The Morgan fingerprint density at radius 3 is 1.76 bits per heavy atom. The summed E-state index contributed by atoms with van der Waals surface area (Å²) >= 11 is 7.64. The number of ether oxygens (including phenoxy) is 1. The summed E-state index contributed by atoms with van der Waals surface area (Å²) in [5.41, 5.74) is 9.47. The number of nitrogens with two attached hydrogens (primary N) is 2. The highest BCUT2D eigenvalue weighted by atomic mass is 32.1. The van der Waals surface area contributed by atoms with E-state index in [2.05, 4.69) is 44.4 Å². The van der Waals surface area contributed by atoms with Gasteiger partial charge >= 0.3 is 0 Å². The third-order valence-corrected chi connectivity index (χ3v) is 1.75. The summed E-state index contributed by atoms with van der Waals surface area (Å²) < 4.78 is 4.92. The molecule has 0 radical (unpaired) electrons. The van der Waals surface area contributed by atoms with Gasteiger partial charge in [0.2, 0.25) is 0 Å². The molecule has 1 rings (SSSR count). The lowest BCUT2D eigenvalue weighted by Gasteiger charge is -1.99. The van der Waals surface area contributed by atoms with Crippen LogP contribution >= 0.6 is 24.8 Å². The molecule has 1 aromatic rings. The molecule has 0 spiro atoms. The first-order valence-corrected chi connectivity index (χ1v) is 6.80. The van der Waals surface area contributed by atoms with Crippen LogP contribution in [0.25, 0.3) is 0 Å². The lowest BCUT2D eigenvalue weighted by atomic mass is 10.3. The zero-order valence-electron chi connectivity index (χ0n) is 11.3. The maximum absolute atomic E-state index is 9.09. The summed E-state index contributed by atoms with van der Waals surface area (Å²) in [5, 5.41) is -0.591. The molecule has 0 aliphatic carbocycles. The highest BCUT2D eigenvalue weighted by Crippen LogP contribution is 2.07. The van der Waals surface area contributed by atoms with Crippen molar-refractivity contribution in [3.05, 3.63) is 30.3 Å². The number of carbonyl (C=O) groups is 1. The van der Waals surface area contributed by atoms with Crippen molar-refractivity contribution in [1.29, 1.82) is 0 Å². The van der Waals surface area contributed by atoms with E-state index in [0.717, 1.165) is 0 Å². The van der Waals surface area contributed by atoms with Gasteiger partial charge in [0.15, 0.2) is 0 Å². The van der Waals surface area contributed by atoms with E-state index < -0.39 is 5.24 Å². The quantitative estimate of drug-likeness (QED) is 0.549. The first-order valence-electron chi connectivity index (χ1n) is 5.94. The molecule has 0 aromatic heterocycles. The van der Waals surface area contributed by atoms with Crippen molar-refractivity contribution in [2.24, 2.45) is 11.5 Å². The van der Waals surface area contributed by atoms with E-state index >= 15 is 0 Å². The van der Waals surface area contributed by atoms with E-state index in [1.165, 1.54) is 19.3 Å². The van der Waals surface area contributed by atoms with Crippen molar-refractivity contribution in [2.45, 2.75) is 48.0 Å². The Morgan fingerprint density at radius 1 is 1.14 bits per heavy atom. The van der Waals surface area contributed by atoms with Crippen LogP contribution in [-0.4, -0.2) is 10.4 Å². The van der Waals surface area contributed by atoms with Gasteiger partial charge in [0.05, 0.1) is 0 Å². The predicted molar refractivity (Wildman–Crippen MR) is 101 cm³/mol. The summed E-state index contributed by atoms with van der Waals surface area (Å²) in [5.74, 6) is 0.676. The maximum atomic E-state index is 9.09. The molecule has 0 aliphatic heterocycles. The average Bonchev–Trinajstić information content (AvgIpc) is 2.30. The summed E-state index contributed by atoms with van der Waals surface area (Å²) in [7, 11) is 0. The van der Waals surface area contributed by atoms with Crippen molar-refractivity contribution in [3.8, 4) is 5.75 Å². The predicted octanol–water partition coefficient (Wildman–Crippen LogP) is 4.77. The maximum Gasteiger partial charge on any atom is 0.273 e. The molecule has 0 atom stereocenters. The number of amides is 1. The number of hydrogen-bond donors (Lipinski definition) is 3. The van der Waals surface area contributed by atoms with Crippen LogP contribution in [0.4, 0.5) is 4.79 Å². The Balaban J connectivity index is -0.000000114. The third-order valence-electron chi connectivity index (χ3n) is 1.67. The van der Waals surface area contributed by atoms with Gasteiger partial charge in [-0.2, -0.15) is 0 Å². The van der Waals surface area contributed by atoms with Crippen LogP contribution in [0.3, 0.4) is 0 Å². The first-order chi connectivity index (χ1) is 8.93. The van der Waals surface area contributed by atoms with Crippen molar-refractivity contribution >= 4 is 35.3 Å². The average molecular weight is 335 g/mol. The number of para-hydroxylation sites is 1. The summed E-state index contributed by atoms with van der Waals surface area (Å²) in [6.07, 6.45) is 4.08. The zero-order valence-corrected chi connectivity index (χ0v) is 13.0. The molecule has 0 saturated carbocycles. The van der Waals surface area contributed by atoms with Crippen LogP contribution in [0, 0.1) is 0 Å². The second-order valence-corrected chi connectivity index (χ2v) is 4.27. The van der Waals surface area contributed by atoms with Crippen molar-refractivity contribution < 1.29 is 9.53 Å². The Hall–Kier alpha value is -1.27. The second kappa shape index (κ2) is 21.0. The monoisotopic (exact) mass is 334 g/mol.